The third-order valence-corrected chi connectivity index (χ3v) is 4.75. The predicted octanol–water partition coefficient (Wildman–Crippen LogP) is -1.14. The molecule has 110 valence electrons. The lowest BCUT2D eigenvalue weighted by molar-refractivity contribution is -0.119. The van der Waals surface area contributed by atoms with Crippen LogP contribution in [0.1, 0.15) is 0 Å². The molecule has 0 aliphatic carbocycles. The van der Waals surface area contributed by atoms with Crippen LogP contribution in [0, 0.1) is 0 Å². The van der Waals surface area contributed by atoms with Crippen molar-refractivity contribution in [3.8, 4) is 0 Å². The number of sulfonamides is 1. The molecule has 2 rings (SSSR count). The molecule has 8 heteroatoms. The average molecular weight is 298 g/mol. The lowest BCUT2D eigenvalue weighted by Gasteiger charge is -2.36. The summed E-state index contributed by atoms with van der Waals surface area (Å²) in [6.45, 7) is 1.89. The summed E-state index contributed by atoms with van der Waals surface area (Å²) in [5, 5.41) is 3.11. The van der Waals surface area contributed by atoms with Crippen molar-refractivity contribution in [3.05, 3.63) is 24.3 Å². The van der Waals surface area contributed by atoms with Crippen molar-refractivity contribution >= 4 is 21.6 Å². The molecule has 1 aliphatic heterocycles. The molecule has 1 fully saturated rings. The lowest BCUT2D eigenvalue weighted by Crippen LogP contribution is -2.57. The highest BCUT2D eigenvalue weighted by atomic mass is 32.2. The van der Waals surface area contributed by atoms with Crippen molar-refractivity contribution in [2.24, 2.45) is 5.73 Å². The molecule has 1 aromatic carbocycles. The summed E-state index contributed by atoms with van der Waals surface area (Å²) < 4.78 is 25.6. The Morgan fingerprint density at radius 1 is 1.40 bits per heavy atom. The number of carbonyl (C=O) groups is 1. The van der Waals surface area contributed by atoms with Gasteiger partial charge in [0.2, 0.25) is 15.9 Å². The van der Waals surface area contributed by atoms with Gasteiger partial charge in [-0.2, -0.15) is 0 Å². The minimum absolute atomic E-state index is 0.189. The van der Waals surface area contributed by atoms with Gasteiger partial charge in [-0.05, 0) is 31.3 Å². The van der Waals surface area contributed by atoms with Gasteiger partial charge in [-0.1, -0.05) is 0 Å². The Morgan fingerprint density at radius 2 is 2.05 bits per heavy atom. The molecule has 1 amide bonds. The number of rotatable bonds is 4. The average Bonchev–Trinajstić information content (AvgIpc) is 2.47. The first-order valence-electron chi connectivity index (χ1n) is 6.26. The van der Waals surface area contributed by atoms with Crippen molar-refractivity contribution in [2.45, 2.75) is 10.9 Å². The van der Waals surface area contributed by atoms with Gasteiger partial charge in [-0.15, -0.1) is 0 Å². The maximum absolute atomic E-state index is 11.7. The second kappa shape index (κ2) is 5.78. The van der Waals surface area contributed by atoms with E-state index in [0.717, 1.165) is 12.2 Å². The maximum Gasteiger partial charge on any atom is 0.241 e. The van der Waals surface area contributed by atoms with E-state index >= 15 is 0 Å². The van der Waals surface area contributed by atoms with Gasteiger partial charge < -0.3 is 16.0 Å². The molecular weight excluding hydrogens is 280 g/mol. The summed E-state index contributed by atoms with van der Waals surface area (Å²) in [6.07, 6.45) is 0. The van der Waals surface area contributed by atoms with Gasteiger partial charge in [0.15, 0.2) is 0 Å². The van der Waals surface area contributed by atoms with Gasteiger partial charge in [-0.25, -0.2) is 13.1 Å². The van der Waals surface area contributed by atoms with E-state index in [4.69, 9.17) is 5.73 Å². The van der Waals surface area contributed by atoms with Crippen LogP contribution in [0.2, 0.25) is 0 Å². The van der Waals surface area contributed by atoms with E-state index in [1.807, 2.05) is 4.90 Å². The minimum atomic E-state index is -3.45. The standard InChI is InChI=1S/C12H18N4O3S/c1-14-20(18,19)10-4-2-9(3-5-10)16-7-6-15-8-11(16)12(13)17/h2-5,11,14-15H,6-8H2,1H3,(H2,13,17). The van der Waals surface area contributed by atoms with E-state index in [-0.39, 0.29) is 4.90 Å². The fourth-order valence-corrected chi connectivity index (χ4v) is 2.93. The number of carbonyl (C=O) groups excluding carboxylic acids is 1. The number of amides is 1. The molecule has 20 heavy (non-hydrogen) atoms. The van der Waals surface area contributed by atoms with E-state index in [1.165, 1.54) is 19.2 Å². The van der Waals surface area contributed by atoms with E-state index in [9.17, 15) is 13.2 Å². The van der Waals surface area contributed by atoms with E-state index < -0.39 is 22.0 Å². The zero-order valence-electron chi connectivity index (χ0n) is 11.2. The zero-order chi connectivity index (χ0) is 14.8. The molecule has 4 N–H and O–H groups in total. The van der Waals surface area contributed by atoms with Gasteiger partial charge in [0.05, 0.1) is 4.90 Å². The molecule has 1 atom stereocenters. The van der Waals surface area contributed by atoms with Crippen LogP contribution < -0.4 is 20.7 Å². The molecule has 0 saturated carbocycles. The Kier molecular flexibility index (Phi) is 4.26. The Labute approximate surface area is 118 Å². The van der Waals surface area contributed by atoms with Gasteiger partial charge in [0, 0.05) is 25.3 Å². The largest absolute Gasteiger partial charge is 0.368 e. The molecule has 1 saturated heterocycles. The first-order chi connectivity index (χ1) is 9.45. The van der Waals surface area contributed by atoms with Crippen LogP contribution in [-0.4, -0.2) is 47.0 Å². The number of hydrogen-bond donors (Lipinski definition) is 3. The highest BCUT2D eigenvalue weighted by molar-refractivity contribution is 7.89. The Hall–Kier alpha value is -1.64. The Bertz CT molecular complexity index is 585. The Morgan fingerprint density at radius 3 is 2.60 bits per heavy atom. The quantitative estimate of drug-likeness (QED) is 0.651. The second-order valence-corrected chi connectivity index (χ2v) is 6.40. The molecule has 7 nitrogen and oxygen atoms in total. The third kappa shape index (κ3) is 2.92. The van der Waals surface area contributed by atoms with E-state index in [1.54, 1.807) is 12.1 Å². The molecular formula is C12H18N4O3S. The highest BCUT2D eigenvalue weighted by Crippen LogP contribution is 2.20. The Balaban J connectivity index is 2.27. The van der Waals surface area contributed by atoms with E-state index in [2.05, 4.69) is 10.0 Å². The molecule has 1 aliphatic rings. The summed E-state index contributed by atoms with van der Waals surface area (Å²) in [6, 6.07) is 5.98. The van der Waals surface area contributed by atoms with Crippen LogP contribution in [0.15, 0.2) is 29.2 Å². The van der Waals surface area contributed by atoms with Crippen molar-refractivity contribution in [3.63, 3.8) is 0 Å². The normalized spacial score (nSPS) is 19.9. The molecule has 0 bridgehead atoms. The fourth-order valence-electron chi connectivity index (χ4n) is 2.20. The first-order valence-corrected chi connectivity index (χ1v) is 7.74. The fraction of sp³-hybridized carbons (Fsp3) is 0.417. The minimum Gasteiger partial charge on any atom is -0.368 e. The van der Waals surface area contributed by atoms with Crippen molar-refractivity contribution < 1.29 is 13.2 Å². The van der Waals surface area contributed by atoms with Crippen LogP contribution in [0.25, 0.3) is 0 Å². The van der Waals surface area contributed by atoms with Crippen LogP contribution in [0.4, 0.5) is 5.69 Å². The highest BCUT2D eigenvalue weighted by Gasteiger charge is 2.27. The molecule has 1 aromatic rings. The second-order valence-electron chi connectivity index (χ2n) is 4.52. The van der Waals surface area contributed by atoms with Crippen molar-refractivity contribution in [1.82, 2.24) is 10.0 Å². The molecule has 1 heterocycles. The number of nitrogens with zero attached hydrogens (tertiary/aromatic N) is 1. The zero-order valence-corrected chi connectivity index (χ0v) is 12.0. The number of nitrogens with one attached hydrogen (secondary N) is 2. The number of nitrogens with two attached hydrogens (primary N) is 1. The summed E-state index contributed by atoms with van der Waals surface area (Å²) >= 11 is 0. The predicted molar refractivity (Wildman–Crippen MR) is 75.9 cm³/mol. The maximum atomic E-state index is 11.7. The number of benzene rings is 1. The number of anilines is 1. The first kappa shape index (κ1) is 14.8. The smallest absolute Gasteiger partial charge is 0.241 e. The number of hydrogen-bond acceptors (Lipinski definition) is 5. The van der Waals surface area contributed by atoms with Crippen LogP contribution in [-0.2, 0) is 14.8 Å². The third-order valence-electron chi connectivity index (χ3n) is 3.32. The van der Waals surface area contributed by atoms with Gasteiger partial charge in [0.25, 0.3) is 0 Å². The molecule has 0 spiro atoms. The molecule has 0 radical (unpaired) electrons. The monoisotopic (exact) mass is 298 g/mol. The topological polar surface area (TPSA) is 105 Å². The summed E-state index contributed by atoms with van der Waals surface area (Å²) in [4.78, 5) is 13.5. The van der Waals surface area contributed by atoms with Crippen LogP contribution in [0.3, 0.4) is 0 Å². The van der Waals surface area contributed by atoms with Gasteiger partial charge in [0.1, 0.15) is 6.04 Å². The summed E-state index contributed by atoms with van der Waals surface area (Å²) in [5.41, 5.74) is 6.17. The van der Waals surface area contributed by atoms with Gasteiger partial charge >= 0.3 is 0 Å². The number of primary amides is 1. The molecule has 0 aromatic heterocycles. The van der Waals surface area contributed by atoms with Crippen molar-refractivity contribution in [2.75, 3.05) is 31.6 Å². The summed E-state index contributed by atoms with van der Waals surface area (Å²) in [5.74, 6) is -0.399. The van der Waals surface area contributed by atoms with Crippen LogP contribution >= 0.6 is 0 Å². The van der Waals surface area contributed by atoms with Crippen molar-refractivity contribution in [1.29, 1.82) is 0 Å². The van der Waals surface area contributed by atoms with E-state index in [0.29, 0.717) is 13.1 Å². The van der Waals surface area contributed by atoms with Crippen LogP contribution in [0.5, 0.6) is 0 Å². The lowest BCUT2D eigenvalue weighted by atomic mass is 10.1. The molecule has 1 unspecified atom stereocenters. The SMILES string of the molecule is CNS(=O)(=O)c1ccc(N2CCNCC2C(N)=O)cc1. The summed E-state index contributed by atoms with van der Waals surface area (Å²) in [7, 11) is -2.08. The van der Waals surface area contributed by atoms with Gasteiger partial charge in [-0.3, -0.25) is 4.79 Å². The number of piperazine rings is 1.